The minimum absolute atomic E-state index is 0.131. The largest absolute Gasteiger partial charge is 0.446 e. The fourth-order valence-electron chi connectivity index (χ4n) is 5.32. The molecule has 232 valence electrons. The van der Waals surface area contributed by atoms with Crippen molar-refractivity contribution >= 4 is 56.9 Å². The van der Waals surface area contributed by atoms with E-state index in [-0.39, 0.29) is 25.1 Å². The molecule has 9 nitrogen and oxygen atoms in total. The highest BCUT2D eigenvalue weighted by atomic mass is 127. The van der Waals surface area contributed by atoms with Crippen LogP contribution in [0.5, 0.6) is 5.75 Å². The number of nitrogen functional groups attached to an aromatic ring is 1. The maximum Gasteiger partial charge on any atom is 0.358 e. The first-order valence-electron chi connectivity index (χ1n) is 14.2. The van der Waals surface area contributed by atoms with Crippen molar-refractivity contribution in [2.75, 3.05) is 19.0 Å². The van der Waals surface area contributed by atoms with Crippen LogP contribution in [-0.2, 0) is 32.2 Å². The highest BCUT2D eigenvalue weighted by Gasteiger charge is 2.59. The lowest BCUT2D eigenvalue weighted by Crippen LogP contribution is -2.51. The van der Waals surface area contributed by atoms with Gasteiger partial charge in [0.2, 0.25) is 0 Å². The van der Waals surface area contributed by atoms with Crippen LogP contribution in [0.15, 0.2) is 104 Å². The molecule has 0 spiro atoms. The van der Waals surface area contributed by atoms with Gasteiger partial charge in [0.15, 0.2) is 17.9 Å². The number of rotatable bonds is 11. The number of aromatic nitrogens is 3. The summed E-state index contributed by atoms with van der Waals surface area (Å²) in [5.74, 6) is 0.797. The molecule has 1 fully saturated rings. The molecular formula is C33H30FIN4O5S. The third-order valence-corrected chi connectivity index (χ3v) is 8.45. The summed E-state index contributed by atoms with van der Waals surface area (Å²) in [5.41, 5.74) is 6.96. The van der Waals surface area contributed by atoms with Crippen molar-refractivity contribution in [1.29, 1.82) is 0 Å². The monoisotopic (exact) mass is 740 g/mol. The first-order chi connectivity index (χ1) is 22.0. The van der Waals surface area contributed by atoms with Gasteiger partial charge in [0.25, 0.3) is 0 Å². The third kappa shape index (κ3) is 6.94. The number of thiocarbonyl (C=S) groups is 1. The molecule has 1 saturated heterocycles. The Hall–Kier alpha value is -3.69. The van der Waals surface area contributed by atoms with E-state index in [0.29, 0.717) is 22.6 Å². The number of para-hydroxylation sites is 1. The summed E-state index contributed by atoms with van der Waals surface area (Å²) in [7, 11) is 0. The summed E-state index contributed by atoms with van der Waals surface area (Å²) in [6.07, 6.45) is 0.247. The number of nitrogens with two attached hydrogens (primary N) is 1. The average Bonchev–Trinajstić information content (AvgIpc) is 3.56. The number of hydrogen-bond donors (Lipinski definition) is 1. The van der Waals surface area contributed by atoms with Crippen molar-refractivity contribution in [3.8, 4) is 5.75 Å². The van der Waals surface area contributed by atoms with Gasteiger partial charge in [-0.15, -0.1) is 0 Å². The lowest BCUT2D eigenvalue weighted by Gasteiger charge is -2.32. The highest BCUT2D eigenvalue weighted by Crippen LogP contribution is 2.44. The van der Waals surface area contributed by atoms with E-state index >= 15 is 4.39 Å². The summed E-state index contributed by atoms with van der Waals surface area (Å²) in [6, 6.07) is 28.2. The molecule has 6 rings (SSSR count). The van der Waals surface area contributed by atoms with E-state index in [1.54, 1.807) is 16.7 Å². The Balaban J connectivity index is 1.38. The van der Waals surface area contributed by atoms with Gasteiger partial charge in [-0.05, 0) is 45.9 Å². The molecule has 5 aromatic rings. The Morgan fingerprint density at radius 2 is 1.60 bits per heavy atom. The van der Waals surface area contributed by atoms with Crippen LogP contribution in [0, 0.1) is 3.57 Å². The lowest BCUT2D eigenvalue weighted by atomic mass is 9.96. The summed E-state index contributed by atoms with van der Waals surface area (Å²) >= 11 is 7.71. The maximum absolute atomic E-state index is 15.5. The van der Waals surface area contributed by atoms with Gasteiger partial charge < -0.3 is 34.0 Å². The molecule has 12 heteroatoms. The third-order valence-electron chi connectivity index (χ3n) is 7.45. The van der Waals surface area contributed by atoms with E-state index in [1.165, 1.54) is 6.33 Å². The lowest BCUT2D eigenvalue weighted by molar-refractivity contribution is -0.164. The van der Waals surface area contributed by atoms with Crippen molar-refractivity contribution < 1.29 is 28.1 Å². The normalized spacial score (nSPS) is 21.2. The molecule has 45 heavy (non-hydrogen) atoms. The Morgan fingerprint density at radius 1 is 0.956 bits per heavy atom. The first-order valence-corrected chi connectivity index (χ1v) is 15.7. The van der Waals surface area contributed by atoms with Gasteiger partial charge in [0.1, 0.15) is 36.3 Å². The van der Waals surface area contributed by atoms with Crippen LogP contribution in [0.2, 0.25) is 0 Å². The fraction of sp³-hybridized carbons (Fsp3) is 0.242. The van der Waals surface area contributed by atoms with Crippen molar-refractivity contribution in [3.63, 3.8) is 0 Å². The van der Waals surface area contributed by atoms with Crippen LogP contribution in [0.4, 0.5) is 10.2 Å². The predicted molar refractivity (Wildman–Crippen MR) is 179 cm³/mol. The number of ether oxygens (including phenoxy) is 5. The highest BCUT2D eigenvalue weighted by molar-refractivity contribution is 14.1. The molecule has 4 atom stereocenters. The number of fused-ring (bicyclic) bond motifs is 1. The minimum Gasteiger partial charge on any atom is -0.446 e. The number of halogens is 2. The molecule has 0 amide bonds. The molecule has 3 heterocycles. The van der Waals surface area contributed by atoms with Crippen molar-refractivity contribution in [3.05, 3.63) is 118 Å². The molecule has 3 aromatic carbocycles. The SMILES string of the molecule is Nc1ncnc2c1c(I)cn2[C@@H]1O[C@](CF)(COCc2ccccc2)[C@@H](OCc2ccccc2)[C@H]1OC(=S)Oc1ccccc1. The van der Waals surface area contributed by atoms with Crippen LogP contribution in [0.1, 0.15) is 17.4 Å². The zero-order chi connectivity index (χ0) is 31.2. The van der Waals surface area contributed by atoms with E-state index in [2.05, 4.69) is 32.6 Å². The van der Waals surface area contributed by atoms with Gasteiger partial charge in [-0.1, -0.05) is 78.9 Å². The zero-order valence-electron chi connectivity index (χ0n) is 24.0. The molecule has 2 aromatic heterocycles. The van der Waals surface area contributed by atoms with E-state index in [1.807, 2.05) is 85.1 Å². The van der Waals surface area contributed by atoms with Crippen LogP contribution >= 0.6 is 34.8 Å². The number of anilines is 1. The van der Waals surface area contributed by atoms with E-state index in [4.69, 9.17) is 41.6 Å². The quantitative estimate of drug-likeness (QED) is 0.122. The smallest absolute Gasteiger partial charge is 0.358 e. The van der Waals surface area contributed by atoms with E-state index < -0.39 is 30.7 Å². The first kappa shape index (κ1) is 31.3. The van der Waals surface area contributed by atoms with Crippen LogP contribution in [-0.4, -0.2) is 50.9 Å². The second kappa shape index (κ2) is 14.2. The Kier molecular flexibility index (Phi) is 9.85. The molecule has 0 aliphatic carbocycles. The van der Waals surface area contributed by atoms with Crippen LogP contribution < -0.4 is 10.5 Å². The number of benzene rings is 3. The second-order valence-corrected chi connectivity index (χ2v) is 12.0. The van der Waals surface area contributed by atoms with Gasteiger partial charge >= 0.3 is 5.24 Å². The van der Waals surface area contributed by atoms with Gasteiger partial charge in [-0.25, -0.2) is 14.4 Å². The van der Waals surface area contributed by atoms with Gasteiger partial charge in [0, 0.05) is 22.0 Å². The Morgan fingerprint density at radius 3 is 2.27 bits per heavy atom. The van der Waals surface area contributed by atoms with E-state index in [0.717, 1.165) is 14.7 Å². The number of alkyl halides is 1. The maximum atomic E-state index is 15.5. The minimum atomic E-state index is -1.58. The molecule has 1 aliphatic heterocycles. The molecule has 2 N–H and O–H groups in total. The van der Waals surface area contributed by atoms with Gasteiger partial charge in [-0.2, -0.15) is 0 Å². The second-order valence-electron chi connectivity index (χ2n) is 10.5. The molecule has 1 aliphatic rings. The number of hydrogen-bond acceptors (Lipinski definition) is 9. The fourth-order valence-corrected chi connectivity index (χ4v) is 6.34. The van der Waals surface area contributed by atoms with Crippen molar-refractivity contribution in [2.24, 2.45) is 0 Å². The molecule has 0 bridgehead atoms. The Bertz CT molecular complexity index is 1730. The van der Waals surface area contributed by atoms with Crippen molar-refractivity contribution in [1.82, 2.24) is 14.5 Å². The molecule has 0 unspecified atom stereocenters. The summed E-state index contributed by atoms with van der Waals surface area (Å²) < 4.78 is 49.5. The summed E-state index contributed by atoms with van der Waals surface area (Å²) in [6.45, 7) is -0.657. The van der Waals surface area contributed by atoms with Gasteiger partial charge in [-0.3, -0.25) is 0 Å². The standard InChI is InChI=1S/C33H30FIN4O5S/c34-19-33(20-40-17-22-10-4-1-5-11-22)28(41-18-23-12-6-2-7-13-23)27(43-32(45)42-24-14-8-3-9-15-24)31(44-33)39-16-25(35)26-29(36)37-21-38-30(26)39/h1-16,21,27-28,31H,17-20H2,(H2,36,37,38)/t27-,28+,31-,33-/m1/s1. The number of nitrogens with zero attached hydrogens (tertiary/aromatic N) is 3. The summed E-state index contributed by atoms with van der Waals surface area (Å²) in [5, 5.41) is 0.469. The average molecular weight is 741 g/mol. The Labute approximate surface area is 278 Å². The zero-order valence-corrected chi connectivity index (χ0v) is 27.0. The topological polar surface area (TPSA) is 103 Å². The predicted octanol–water partition coefficient (Wildman–Crippen LogP) is 6.41. The molecule has 0 radical (unpaired) electrons. The van der Waals surface area contributed by atoms with Crippen LogP contribution in [0.3, 0.4) is 0 Å². The van der Waals surface area contributed by atoms with E-state index in [9.17, 15) is 0 Å². The molecular weight excluding hydrogens is 710 g/mol. The van der Waals surface area contributed by atoms with Gasteiger partial charge in [0.05, 0.1) is 25.2 Å². The summed E-state index contributed by atoms with van der Waals surface area (Å²) in [4.78, 5) is 8.63. The van der Waals surface area contributed by atoms with Crippen LogP contribution in [0.25, 0.3) is 11.0 Å². The van der Waals surface area contributed by atoms with Crippen molar-refractivity contribution in [2.45, 2.75) is 37.3 Å². The molecule has 0 saturated carbocycles.